The normalized spacial score (nSPS) is 12.0. The number of amides is 5. The molecule has 4 aromatic rings. The Hall–Kier alpha value is -4.44. The summed E-state index contributed by atoms with van der Waals surface area (Å²) in [6, 6.07) is 24.2. The molecular weight excluding hydrogens is 1070 g/mol. The van der Waals surface area contributed by atoms with Gasteiger partial charge in [-0.3, -0.25) is 29.0 Å². The van der Waals surface area contributed by atoms with Crippen LogP contribution in [0.15, 0.2) is 78.9 Å². The second-order valence-corrected chi connectivity index (χ2v) is 16.5. The van der Waals surface area contributed by atoms with Crippen molar-refractivity contribution in [3.05, 3.63) is 129 Å². The lowest BCUT2D eigenvalue weighted by atomic mass is 10.0. The van der Waals surface area contributed by atoms with Crippen molar-refractivity contribution in [2.45, 2.75) is 40.7 Å². The van der Waals surface area contributed by atoms with E-state index >= 15 is 0 Å². The number of pyridine rings is 1. The first-order valence-corrected chi connectivity index (χ1v) is 24.7. The summed E-state index contributed by atoms with van der Waals surface area (Å²) >= 11 is 13.7. The van der Waals surface area contributed by atoms with Crippen molar-refractivity contribution < 1.29 is 33.4 Å². The van der Waals surface area contributed by atoms with E-state index in [4.69, 9.17) is 9.47 Å². The summed E-state index contributed by atoms with van der Waals surface area (Å²) in [5.74, 6) is 4.09. The lowest BCUT2D eigenvalue weighted by Gasteiger charge is -2.26. The molecule has 1 atom stereocenters. The van der Waals surface area contributed by atoms with Crippen LogP contribution in [0, 0.1) is 17.8 Å². The van der Waals surface area contributed by atoms with Crippen LogP contribution in [0.4, 0.5) is 5.69 Å². The third-order valence-corrected chi connectivity index (χ3v) is 12.1. The van der Waals surface area contributed by atoms with E-state index in [0.29, 0.717) is 50.4 Å². The molecule has 1 aliphatic heterocycles. The van der Waals surface area contributed by atoms with Crippen molar-refractivity contribution in [3.63, 3.8) is 0 Å². The zero-order valence-corrected chi connectivity index (χ0v) is 40.8. The van der Waals surface area contributed by atoms with Gasteiger partial charge in [0.1, 0.15) is 0 Å². The molecule has 5 rings (SSSR count). The molecule has 17 heteroatoms. The fourth-order valence-corrected chi connectivity index (χ4v) is 7.71. The number of carbonyl (C=O) groups is 5. The Balaban J connectivity index is 1.01. The highest BCUT2D eigenvalue weighted by Crippen LogP contribution is 2.26. The van der Waals surface area contributed by atoms with Gasteiger partial charge >= 0.3 is 0 Å². The summed E-state index contributed by atoms with van der Waals surface area (Å²) in [5.41, 5.74) is 7.43. The Kier molecular flexibility index (Phi) is 20.8. The number of para-hydroxylation sites is 1. The van der Waals surface area contributed by atoms with Crippen LogP contribution in [-0.4, -0.2) is 87.1 Å². The summed E-state index contributed by atoms with van der Waals surface area (Å²) < 4.78 is 11.2. The van der Waals surface area contributed by atoms with Crippen molar-refractivity contribution >= 4 is 98.9 Å². The molecule has 0 radical (unpaired) electrons. The van der Waals surface area contributed by atoms with Crippen molar-refractivity contribution in [1.82, 2.24) is 26.3 Å². The smallest absolute Gasteiger partial charge is 0.251 e. The number of hydrogen-bond donors (Lipinski definition) is 4. The van der Waals surface area contributed by atoms with Gasteiger partial charge in [0.2, 0.25) is 17.7 Å². The van der Waals surface area contributed by atoms with Gasteiger partial charge in [-0.25, -0.2) is 0 Å². The van der Waals surface area contributed by atoms with Crippen molar-refractivity contribution in [2.75, 3.05) is 57.5 Å². The molecular formula is C46H48Br4N6O7. The molecule has 0 bridgehead atoms. The fraction of sp³-hybridized carbons (Fsp3) is 0.348. The Morgan fingerprint density at radius 2 is 1.19 bits per heavy atom. The number of halogens is 4. The largest absolute Gasteiger partial charge is 0.377 e. The van der Waals surface area contributed by atoms with E-state index in [1.807, 2.05) is 54.6 Å². The van der Waals surface area contributed by atoms with E-state index in [1.165, 1.54) is 0 Å². The average Bonchev–Trinajstić information content (AvgIpc) is 3.31. The van der Waals surface area contributed by atoms with Gasteiger partial charge in [-0.15, -0.1) is 0 Å². The molecule has 0 saturated carbocycles. The van der Waals surface area contributed by atoms with E-state index in [1.54, 1.807) is 29.2 Å². The van der Waals surface area contributed by atoms with E-state index in [0.717, 1.165) is 33.5 Å². The minimum absolute atomic E-state index is 0.0258. The average molecular weight is 1120 g/mol. The molecule has 332 valence electrons. The van der Waals surface area contributed by atoms with Gasteiger partial charge in [0.05, 0.1) is 56.0 Å². The topological polar surface area (TPSA) is 168 Å². The standard InChI is InChI=1S/C46H48Br4N6O7/c47-24-31-19-32(25-48)21-36(20-31)44(59)53-28-38(29-54-45(60)37-22-39(26-49)55-40(23-37)27-50)46(61)52-14-16-63-18-17-62-15-13-51-42(57)11-12-43(58)56-30-35-7-2-1-5-33(35)9-10-34-6-3-4-8-41(34)56/h1-8,19-23,38H,11-18,24-30H2,(H,51,57)(H,52,61)(H,53,59)(H,54,60). The number of nitrogens with one attached hydrogen (secondary N) is 4. The van der Waals surface area contributed by atoms with Gasteiger partial charge in [-0.1, -0.05) is 112 Å². The second-order valence-electron chi connectivity index (χ2n) is 14.3. The molecule has 13 nitrogen and oxygen atoms in total. The number of carbonyl (C=O) groups excluding carboxylic acids is 5. The van der Waals surface area contributed by atoms with Crippen LogP contribution in [0.3, 0.4) is 0 Å². The predicted molar refractivity (Wildman–Crippen MR) is 256 cm³/mol. The quantitative estimate of drug-likeness (QED) is 0.0375. The number of hydrogen-bond acceptors (Lipinski definition) is 8. The lowest BCUT2D eigenvalue weighted by molar-refractivity contribution is -0.125. The van der Waals surface area contributed by atoms with Crippen molar-refractivity contribution in [1.29, 1.82) is 0 Å². The molecule has 0 saturated heterocycles. The molecule has 1 unspecified atom stereocenters. The molecule has 1 aliphatic rings. The summed E-state index contributed by atoms with van der Waals surface area (Å²) in [5, 5.41) is 13.4. The van der Waals surface area contributed by atoms with Gasteiger partial charge in [0, 0.05) is 82.6 Å². The lowest BCUT2D eigenvalue weighted by Crippen LogP contribution is -2.45. The molecule has 0 fully saturated rings. The van der Waals surface area contributed by atoms with Crippen molar-refractivity contribution in [3.8, 4) is 11.8 Å². The maximum absolute atomic E-state index is 13.4. The monoisotopic (exact) mass is 1110 g/mol. The summed E-state index contributed by atoms with van der Waals surface area (Å²) in [6.07, 6.45) is 0.0712. The van der Waals surface area contributed by atoms with Crippen LogP contribution in [0.25, 0.3) is 0 Å². The Bertz CT molecular complexity index is 2190. The highest BCUT2D eigenvalue weighted by molar-refractivity contribution is 9.09. The third-order valence-electron chi connectivity index (χ3n) is 9.71. The van der Waals surface area contributed by atoms with Gasteiger partial charge in [0.25, 0.3) is 11.8 Å². The Morgan fingerprint density at radius 1 is 0.635 bits per heavy atom. The third kappa shape index (κ3) is 15.6. The molecule has 2 heterocycles. The summed E-state index contributed by atoms with van der Waals surface area (Å²) in [6.45, 7) is 1.71. The SMILES string of the molecule is O=C(CCC(=O)N1Cc2ccccc2C#Cc2ccccc21)NCCOCCOCCNC(=O)C(CNC(=O)c1cc(CBr)cc(CBr)c1)CNC(=O)c1cc(CBr)nc(CBr)c1. The molecule has 1 aromatic heterocycles. The number of benzene rings is 3. The first kappa shape index (κ1) is 49.6. The van der Waals surface area contributed by atoms with Crippen molar-refractivity contribution in [2.24, 2.45) is 5.92 Å². The number of aromatic nitrogens is 1. The zero-order chi connectivity index (χ0) is 45.0. The second kappa shape index (κ2) is 26.4. The summed E-state index contributed by atoms with van der Waals surface area (Å²) in [4.78, 5) is 72.0. The number of ether oxygens (including phenoxy) is 2. The van der Waals surface area contributed by atoms with Crippen LogP contribution in [0.5, 0.6) is 0 Å². The van der Waals surface area contributed by atoms with Crippen LogP contribution < -0.4 is 26.2 Å². The Morgan fingerprint density at radius 3 is 1.81 bits per heavy atom. The minimum atomic E-state index is -0.791. The molecule has 5 amide bonds. The van der Waals surface area contributed by atoms with Crippen LogP contribution in [0.1, 0.15) is 72.8 Å². The van der Waals surface area contributed by atoms with Crippen LogP contribution in [-0.2, 0) is 51.7 Å². The van der Waals surface area contributed by atoms with Gasteiger partial charge in [-0.05, 0) is 59.2 Å². The number of alkyl halides is 4. The van der Waals surface area contributed by atoms with E-state index < -0.39 is 5.92 Å². The highest BCUT2D eigenvalue weighted by atomic mass is 79.9. The van der Waals surface area contributed by atoms with Gasteiger partial charge in [-0.2, -0.15) is 0 Å². The van der Waals surface area contributed by atoms with Gasteiger partial charge < -0.3 is 35.6 Å². The molecule has 0 spiro atoms. The zero-order valence-electron chi connectivity index (χ0n) is 34.5. The van der Waals surface area contributed by atoms with Gasteiger partial charge in [0.15, 0.2) is 0 Å². The number of nitrogens with zero attached hydrogens (tertiary/aromatic N) is 2. The van der Waals surface area contributed by atoms with Crippen LogP contribution in [0.2, 0.25) is 0 Å². The number of anilines is 1. The number of fused-ring (bicyclic) bond motifs is 2. The fourth-order valence-electron chi connectivity index (χ4n) is 6.49. The summed E-state index contributed by atoms with van der Waals surface area (Å²) in [7, 11) is 0. The highest BCUT2D eigenvalue weighted by Gasteiger charge is 2.23. The maximum atomic E-state index is 13.4. The predicted octanol–water partition coefficient (Wildman–Crippen LogP) is 6.43. The van der Waals surface area contributed by atoms with E-state index in [9.17, 15) is 24.0 Å². The van der Waals surface area contributed by atoms with Crippen LogP contribution >= 0.6 is 63.7 Å². The minimum Gasteiger partial charge on any atom is -0.377 e. The number of rotatable bonds is 23. The molecule has 4 N–H and O–H groups in total. The first-order chi connectivity index (χ1) is 30.6. The first-order valence-electron chi connectivity index (χ1n) is 20.2. The Labute approximate surface area is 401 Å². The van der Waals surface area contributed by atoms with E-state index in [-0.39, 0.29) is 95.0 Å². The molecule has 0 aliphatic carbocycles. The molecule has 3 aromatic carbocycles. The maximum Gasteiger partial charge on any atom is 0.251 e. The molecule has 63 heavy (non-hydrogen) atoms. The van der Waals surface area contributed by atoms with E-state index in [2.05, 4.69) is 102 Å².